The van der Waals surface area contributed by atoms with E-state index in [-0.39, 0.29) is 5.91 Å². The molecule has 1 amide bonds. The molecule has 0 radical (unpaired) electrons. The van der Waals surface area contributed by atoms with E-state index < -0.39 is 0 Å². The van der Waals surface area contributed by atoms with Gasteiger partial charge in [0.05, 0.1) is 12.5 Å². The topological polar surface area (TPSA) is 59.9 Å². The van der Waals surface area contributed by atoms with Gasteiger partial charge in [0.15, 0.2) is 0 Å². The number of H-pyrrole nitrogens is 1. The first-order valence-electron chi connectivity index (χ1n) is 5.42. The van der Waals surface area contributed by atoms with Crippen molar-refractivity contribution < 1.29 is 4.79 Å². The SMILES string of the molecule is CN(CCC#N)C(=O)c1ccc2cc[nH]c2c1. The number of amides is 1. The zero-order valence-electron chi connectivity index (χ0n) is 9.60. The predicted octanol–water partition coefficient (Wildman–Crippen LogP) is 2.15. The third kappa shape index (κ3) is 2.28. The number of fused-ring (bicyclic) bond motifs is 1. The fourth-order valence-electron chi connectivity index (χ4n) is 1.72. The minimum absolute atomic E-state index is 0.0586. The zero-order chi connectivity index (χ0) is 12.3. The van der Waals surface area contributed by atoms with Gasteiger partial charge >= 0.3 is 0 Å². The molecule has 2 rings (SSSR count). The van der Waals surface area contributed by atoms with E-state index in [1.807, 2.05) is 30.5 Å². The lowest BCUT2D eigenvalue weighted by atomic mass is 10.1. The number of nitriles is 1. The summed E-state index contributed by atoms with van der Waals surface area (Å²) in [6, 6.07) is 9.55. The van der Waals surface area contributed by atoms with Crippen molar-refractivity contribution in [3.8, 4) is 6.07 Å². The van der Waals surface area contributed by atoms with E-state index in [2.05, 4.69) is 4.98 Å². The standard InChI is InChI=1S/C13H13N3O/c1-16(8-2-6-14)13(17)11-4-3-10-5-7-15-12(10)9-11/h3-5,7,9,15H,2,8H2,1H3. The van der Waals surface area contributed by atoms with Gasteiger partial charge in [0.25, 0.3) is 5.91 Å². The number of benzene rings is 1. The lowest BCUT2D eigenvalue weighted by molar-refractivity contribution is 0.0798. The summed E-state index contributed by atoms with van der Waals surface area (Å²) in [6.07, 6.45) is 2.20. The Morgan fingerprint density at radius 3 is 3.06 bits per heavy atom. The number of rotatable bonds is 3. The lowest BCUT2D eigenvalue weighted by Gasteiger charge is -2.15. The molecule has 0 fully saturated rings. The third-order valence-electron chi connectivity index (χ3n) is 2.71. The minimum atomic E-state index is -0.0586. The number of nitrogens with one attached hydrogen (secondary N) is 1. The second-order valence-electron chi connectivity index (χ2n) is 3.91. The molecule has 2 aromatic rings. The molecule has 0 bridgehead atoms. The van der Waals surface area contributed by atoms with Crippen LogP contribution in [0.4, 0.5) is 0 Å². The van der Waals surface area contributed by atoms with Gasteiger partial charge in [0.1, 0.15) is 0 Å². The number of aromatic amines is 1. The lowest BCUT2D eigenvalue weighted by Crippen LogP contribution is -2.27. The average molecular weight is 227 g/mol. The molecule has 0 atom stereocenters. The van der Waals surface area contributed by atoms with Crippen LogP contribution in [0.5, 0.6) is 0 Å². The van der Waals surface area contributed by atoms with Gasteiger partial charge < -0.3 is 9.88 Å². The Balaban J connectivity index is 2.21. The molecule has 1 aromatic carbocycles. The smallest absolute Gasteiger partial charge is 0.253 e. The molecule has 17 heavy (non-hydrogen) atoms. The summed E-state index contributed by atoms with van der Waals surface area (Å²) >= 11 is 0. The summed E-state index contributed by atoms with van der Waals surface area (Å²) < 4.78 is 0. The molecule has 0 spiro atoms. The van der Waals surface area contributed by atoms with Gasteiger partial charge in [-0.05, 0) is 23.6 Å². The molecule has 1 aromatic heterocycles. The van der Waals surface area contributed by atoms with Crippen molar-refractivity contribution in [2.24, 2.45) is 0 Å². The number of hydrogen-bond donors (Lipinski definition) is 1. The van der Waals surface area contributed by atoms with Crippen LogP contribution in [-0.4, -0.2) is 29.4 Å². The van der Waals surface area contributed by atoms with Gasteiger partial charge in [-0.25, -0.2) is 0 Å². The molecule has 0 saturated carbocycles. The maximum Gasteiger partial charge on any atom is 0.253 e. The molecular weight excluding hydrogens is 214 g/mol. The molecule has 1 N–H and O–H groups in total. The Morgan fingerprint density at radius 1 is 1.47 bits per heavy atom. The van der Waals surface area contributed by atoms with Crippen molar-refractivity contribution in [1.29, 1.82) is 5.26 Å². The normalized spacial score (nSPS) is 10.1. The molecule has 0 aliphatic heterocycles. The van der Waals surface area contributed by atoms with Crippen molar-refractivity contribution >= 4 is 16.8 Å². The number of aromatic nitrogens is 1. The van der Waals surface area contributed by atoms with Crippen LogP contribution >= 0.6 is 0 Å². The highest BCUT2D eigenvalue weighted by Gasteiger charge is 2.11. The van der Waals surface area contributed by atoms with Crippen molar-refractivity contribution in [2.75, 3.05) is 13.6 Å². The van der Waals surface area contributed by atoms with Gasteiger partial charge in [0, 0.05) is 30.9 Å². The molecule has 0 saturated heterocycles. The number of carbonyl (C=O) groups excluding carboxylic acids is 1. The fraction of sp³-hybridized carbons (Fsp3) is 0.231. The highest BCUT2D eigenvalue weighted by atomic mass is 16.2. The van der Waals surface area contributed by atoms with Crippen LogP contribution in [0.3, 0.4) is 0 Å². The van der Waals surface area contributed by atoms with Crippen molar-refractivity contribution in [3.05, 3.63) is 36.0 Å². The van der Waals surface area contributed by atoms with E-state index in [1.165, 1.54) is 0 Å². The van der Waals surface area contributed by atoms with Gasteiger partial charge in [-0.2, -0.15) is 5.26 Å². The van der Waals surface area contributed by atoms with Crippen LogP contribution in [0.15, 0.2) is 30.5 Å². The van der Waals surface area contributed by atoms with Gasteiger partial charge in [-0.1, -0.05) is 6.07 Å². The quantitative estimate of drug-likeness (QED) is 0.873. The zero-order valence-corrected chi connectivity index (χ0v) is 9.60. The summed E-state index contributed by atoms with van der Waals surface area (Å²) in [6.45, 7) is 0.456. The summed E-state index contributed by atoms with van der Waals surface area (Å²) in [5, 5.41) is 9.57. The Hall–Kier alpha value is -2.28. The van der Waals surface area contributed by atoms with Crippen molar-refractivity contribution in [1.82, 2.24) is 9.88 Å². The molecule has 4 nitrogen and oxygen atoms in total. The van der Waals surface area contributed by atoms with Crippen LogP contribution in [0.2, 0.25) is 0 Å². The van der Waals surface area contributed by atoms with Crippen LogP contribution in [0.25, 0.3) is 10.9 Å². The van der Waals surface area contributed by atoms with Crippen molar-refractivity contribution in [2.45, 2.75) is 6.42 Å². The van der Waals surface area contributed by atoms with Gasteiger partial charge in [0.2, 0.25) is 0 Å². The molecule has 86 valence electrons. The molecule has 0 aliphatic carbocycles. The number of hydrogen-bond acceptors (Lipinski definition) is 2. The molecule has 1 heterocycles. The second-order valence-corrected chi connectivity index (χ2v) is 3.91. The average Bonchev–Trinajstić information content (AvgIpc) is 2.81. The predicted molar refractivity (Wildman–Crippen MR) is 65.5 cm³/mol. The third-order valence-corrected chi connectivity index (χ3v) is 2.71. The van der Waals surface area contributed by atoms with Crippen LogP contribution in [-0.2, 0) is 0 Å². The Morgan fingerprint density at radius 2 is 2.29 bits per heavy atom. The van der Waals surface area contributed by atoms with E-state index in [1.54, 1.807) is 18.0 Å². The van der Waals surface area contributed by atoms with Crippen LogP contribution in [0, 0.1) is 11.3 Å². The fourth-order valence-corrected chi connectivity index (χ4v) is 1.72. The molecular formula is C13H13N3O. The highest BCUT2D eigenvalue weighted by molar-refractivity contribution is 5.97. The minimum Gasteiger partial charge on any atom is -0.361 e. The van der Waals surface area contributed by atoms with E-state index in [0.29, 0.717) is 18.5 Å². The number of nitrogens with zero attached hydrogens (tertiary/aromatic N) is 2. The highest BCUT2D eigenvalue weighted by Crippen LogP contribution is 2.15. The summed E-state index contributed by atoms with van der Waals surface area (Å²) in [5.41, 5.74) is 1.59. The summed E-state index contributed by atoms with van der Waals surface area (Å²) in [7, 11) is 1.71. The summed E-state index contributed by atoms with van der Waals surface area (Å²) in [5.74, 6) is -0.0586. The first-order chi connectivity index (χ1) is 8.22. The molecule has 0 unspecified atom stereocenters. The monoisotopic (exact) mass is 227 g/mol. The largest absolute Gasteiger partial charge is 0.361 e. The maximum absolute atomic E-state index is 12.0. The van der Waals surface area contributed by atoms with Crippen molar-refractivity contribution in [3.63, 3.8) is 0 Å². The van der Waals surface area contributed by atoms with E-state index >= 15 is 0 Å². The number of carbonyl (C=O) groups is 1. The molecule has 4 heteroatoms. The molecule has 0 aliphatic rings. The Kier molecular flexibility index (Phi) is 3.10. The first-order valence-corrected chi connectivity index (χ1v) is 5.42. The Labute approximate surface area is 99.5 Å². The second kappa shape index (κ2) is 4.71. The Bertz CT molecular complexity index is 580. The summed E-state index contributed by atoms with van der Waals surface area (Å²) in [4.78, 5) is 16.7. The van der Waals surface area contributed by atoms with Crippen LogP contribution in [0.1, 0.15) is 16.8 Å². The first kappa shape index (κ1) is 11.2. The van der Waals surface area contributed by atoms with E-state index in [9.17, 15) is 4.79 Å². The van der Waals surface area contributed by atoms with E-state index in [0.717, 1.165) is 10.9 Å². The van der Waals surface area contributed by atoms with Crippen LogP contribution < -0.4 is 0 Å². The van der Waals surface area contributed by atoms with Gasteiger partial charge in [-0.3, -0.25) is 4.79 Å². The van der Waals surface area contributed by atoms with Gasteiger partial charge in [-0.15, -0.1) is 0 Å². The van der Waals surface area contributed by atoms with E-state index in [4.69, 9.17) is 5.26 Å². The maximum atomic E-state index is 12.0.